The Bertz CT molecular complexity index is 309. The lowest BCUT2D eigenvalue weighted by atomic mass is 10.2. The van der Waals surface area contributed by atoms with Crippen LogP contribution >= 0.6 is 0 Å². The molecule has 1 heterocycles. The highest BCUT2D eigenvalue weighted by atomic mass is 16.5. The molecule has 1 aromatic rings. The van der Waals surface area contributed by atoms with E-state index in [0.29, 0.717) is 18.3 Å². The van der Waals surface area contributed by atoms with Gasteiger partial charge in [0.15, 0.2) is 5.82 Å². The smallest absolute Gasteiger partial charge is 0.169 e. The summed E-state index contributed by atoms with van der Waals surface area (Å²) in [6, 6.07) is 0. The van der Waals surface area contributed by atoms with Crippen molar-refractivity contribution in [3.05, 3.63) is 5.69 Å². The Hall–Kier alpha value is -1.10. The van der Waals surface area contributed by atoms with Gasteiger partial charge in [0.1, 0.15) is 0 Å². The van der Waals surface area contributed by atoms with Gasteiger partial charge in [-0.3, -0.25) is 0 Å². The molecule has 0 atom stereocenters. The summed E-state index contributed by atoms with van der Waals surface area (Å²) in [5.74, 6) is 1.11. The van der Waals surface area contributed by atoms with Crippen LogP contribution in [0.5, 0.6) is 0 Å². The Labute approximate surface area is 97.0 Å². The van der Waals surface area contributed by atoms with E-state index in [0.717, 1.165) is 31.7 Å². The van der Waals surface area contributed by atoms with Crippen LogP contribution < -0.4 is 5.73 Å². The van der Waals surface area contributed by atoms with Crippen molar-refractivity contribution in [3.8, 4) is 0 Å². The highest BCUT2D eigenvalue weighted by Crippen LogP contribution is 2.09. The van der Waals surface area contributed by atoms with Gasteiger partial charge >= 0.3 is 0 Å². The molecule has 0 aliphatic rings. The predicted molar refractivity (Wildman–Crippen MR) is 64.1 cm³/mol. The standard InChI is InChI=1S/C11H22N4O/c1-4-5-10-11(12)13-14-15(10)6-7-16-8-9(2)3/h9H,4-8,12H2,1-3H3. The largest absolute Gasteiger partial charge is 0.381 e. The number of hydrogen-bond acceptors (Lipinski definition) is 4. The minimum Gasteiger partial charge on any atom is -0.381 e. The number of nitrogen functional groups attached to an aromatic ring is 1. The minimum atomic E-state index is 0.547. The summed E-state index contributed by atoms with van der Waals surface area (Å²) < 4.78 is 7.36. The maximum Gasteiger partial charge on any atom is 0.169 e. The van der Waals surface area contributed by atoms with Crippen molar-refractivity contribution in [2.75, 3.05) is 18.9 Å². The van der Waals surface area contributed by atoms with Gasteiger partial charge in [-0.1, -0.05) is 32.4 Å². The van der Waals surface area contributed by atoms with Crippen LogP contribution in [0.3, 0.4) is 0 Å². The summed E-state index contributed by atoms with van der Waals surface area (Å²) in [6.45, 7) is 8.56. The lowest BCUT2D eigenvalue weighted by Gasteiger charge is -2.08. The maximum atomic E-state index is 5.74. The number of aromatic nitrogens is 3. The third kappa shape index (κ3) is 3.81. The first-order valence-corrected chi connectivity index (χ1v) is 5.90. The SMILES string of the molecule is CCCc1c(N)nnn1CCOCC(C)C. The second-order valence-corrected chi connectivity index (χ2v) is 4.36. The van der Waals surface area contributed by atoms with Gasteiger partial charge in [0.25, 0.3) is 0 Å². The fourth-order valence-corrected chi connectivity index (χ4v) is 1.49. The molecule has 92 valence electrons. The zero-order valence-electron chi connectivity index (χ0n) is 10.4. The van der Waals surface area contributed by atoms with Crippen molar-refractivity contribution < 1.29 is 4.74 Å². The summed E-state index contributed by atoms with van der Waals surface area (Å²) in [7, 11) is 0. The summed E-state index contributed by atoms with van der Waals surface area (Å²) in [5, 5.41) is 7.90. The van der Waals surface area contributed by atoms with Crippen LogP contribution in [0, 0.1) is 5.92 Å². The molecule has 0 aliphatic heterocycles. The molecule has 2 N–H and O–H groups in total. The predicted octanol–water partition coefficient (Wildman–Crippen LogP) is 1.49. The van der Waals surface area contributed by atoms with E-state index < -0.39 is 0 Å². The molecule has 0 radical (unpaired) electrons. The highest BCUT2D eigenvalue weighted by Gasteiger charge is 2.08. The van der Waals surface area contributed by atoms with E-state index in [2.05, 4.69) is 31.1 Å². The quantitative estimate of drug-likeness (QED) is 0.715. The van der Waals surface area contributed by atoms with Crippen molar-refractivity contribution in [1.82, 2.24) is 15.0 Å². The Balaban J connectivity index is 2.41. The van der Waals surface area contributed by atoms with Crippen molar-refractivity contribution in [1.29, 1.82) is 0 Å². The van der Waals surface area contributed by atoms with Gasteiger partial charge in [-0.05, 0) is 12.3 Å². The van der Waals surface area contributed by atoms with Crippen LogP contribution in [0.15, 0.2) is 0 Å². The molecule has 0 spiro atoms. The Morgan fingerprint density at radius 1 is 1.44 bits per heavy atom. The molecule has 0 aliphatic carbocycles. The first-order chi connectivity index (χ1) is 7.65. The lowest BCUT2D eigenvalue weighted by molar-refractivity contribution is 0.100. The maximum absolute atomic E-state index is 5.74. The van der Waals surface area contributed by atoms with Crippen LogP contribution in [-0.4, -0.2) is 28.2 Å². The van der Waals surface area contributed by atoms with E-state index >= 15 is 0 Å². The van der Waals surface area contributed by atoms with Gasteiger partial charge in [-0.15, -0.1) is 5.10 Å². The first-order valence-electron chi connectivity index (χ1n) is 5.90. The second kappa shape index (κ2) is 6.48. The molecular formula is C11H22N4O. The number of anilines is 1. The van der Waals surface area contributed by atoms with Crippen LogP contribution in [0.4, 0.5) is 5.82 Å². The van der Waals surface area contributed by atoms with Crippen LogP contribution in [-0.2, 0) is 17.7 Å². The van der Waals surface area contributed by atoms with Crippen LogP contribution in [0.1, 0.15) is 32.9 Å². The molecule has 5 nitrogen and oxygen atoms in total. The van der Waals surface area contributed by atoms with Gasteiger partial charge < -0.3 is 10.5 Å². The molecule has 1 aromatic heterocycles. The van der Waals surface area contributed by atoms with Crippen molar-refractivity contribution in [2.45, 2.75) is 40.2 Å². The number of hydrogen-bond donors (Lipinski definition) is 1. The lowest BCUT2D eigenvalue weighted by Crippen LogP contribution is -2.13. The van der Waals surface area contributed by atoms with Gasteiger partial charge in [0, 0.05) is 6.61 Å². The normalized spacial score (nSPS) is 11.2. The summed E-state index contributed by atoms with van der Waals surface area (Å²) in [6.07, 6.45) is 1.97. The van der Waals surface area contributed by atoms with E-state index in [4.69, 9.17) is 10.5 Å². The van der Waals surface area contributed by atoms with Crippen LogP contribution in [0.25, 0.3) is 0 Å². The monoisotopic (exact) mass is 226 g/mol. The second-order valence-electron chi connectivity index (χ2n) is 4.36. The number of nitrogens with two attached hydrogens (primary N) is 1. The van der Waals surface area contributed by atoms with Gasteiger partial charge in [-0.2, -0.15) is 0 Å². The zero-order chi connectivity index (χ0) is 12.0. The summed E-state index contributed by atoms with van der Waals surface area (Å²) in [4.78, 5) is 0. The summed E-state index contributed by atoms with van der Waals surface area (Å²) >= 11 is 0. The van der Waals surface area contributed by atoms with Gasteiger partial charge in [0.2, 0.25) is 0 Å². The number of rotatable bonds is 7. The molecular weight excluding hydrogens is 204 g/mol. The zero-order valence-corrected chi connectivity index (χ0v) is 10.4. The number of ether oxygens (including phenoxy) is 1. The van der Waals surface area contributed by atoms with E-state index in [1.54, 1.807) is 0 Å². The topological polar surface area (TPSA) is 66.0 Å². The third-order valence-corrected chi connectivity index (χ3v) is 2.25. The van der Waals surface area contributed by atoms with Crippen molar-refractivity contribution >= 4 is 5.82 Å². The Morgan fingerprint density at radius 2 is 2.19 bits per heavy atom. The molecule has 0 saturated heterocycles. The fraction of sp³-hybridized carbons (Fsp3) is 0.818. The molecule has 0 fully saturated rings. The van der Waals surface area contributed by atoms with E-state index in [1.165, 1.54) is 0 Å². The summed E-state index contributed by atoms with van der Waals surface area (Å²) in [5.41, 5.74) is 6.77. The Kier molecular flexibility index (Phi) is 5.25. The van der Waals surface area contributed by atoms with Crippen molar-refractivity contribution in [3.63, 3.8) is 0 Å². The molecule has 5 heteroatoms. The van der Waals surface area contributed by atoms with Crippen molar-refractivity contribution in [2.24, 2.45) is 5.92 Å². The van der Waals surface area contributed by atoms with Gasteiger partial charge in [-0.25, -0.2) is 4.68 Å². The molecule has 1 rings (SSSR count). The first kappa shape index (κ1) is 13.0. The number of nitrogens with zero attached hydrogens (tertiary/aromatic N) is 3. The van der Waals surface area contributed by atoms with E-state index in [1.807, 2.05) is 4.68 Å². The molecule has 0 aromatic carbocycles. The van der Waals surface area contributed by atoms with E-state index in [-0.39, 0.29) is 0 Å². The minimum absolute atomic E-state index is 0.547. The van der Waals surface area contributed by atoms with E-state index in [9.17, 15) is 0 Å². The Morgan fingerprint density at radius 3 is 2.81 bits per heavy atom. The average Bonchev–Trinajstić information content (AvgIpc) is 2.56. The molecule has 0 unspecified atom stereocenters. The molecule has 0 amide bonds. The highest BCUT2D eigenvalue weighted by molar-refractivity contribution is 5.32. The van der Waals surface area contributed by atoms with Crippen LogP contribution in [0.2, 0.25) is 0 Å². The molecule has 16 heavy (non-hydrogen) atoms. The fourth-order valence-electron chi connectivity index (χ4n) is 1.49. The average molecular weight is 226 g/mol. The van der Waals surface area contributed by atoms with Gasteiger partial charge in [0.05, 0.1) is 18.8 Å². The third-order valence-electron chi connectivity index (χ3n) is 2.25. The molecule has 0 bridgehead atoms. The molecule has 0 saturated carbocycles.